The lowest BCUT2D eigenvalue weighted by molar-refractivity contribution is 0.0972. The Morgan fingerprint density at radius 1 is 1.24 bits per heavy atom. The van der Waals surface area contributed by atoms with Crippen LogP contribution in [-0.2, 0) is 6.54 Å². The van der Waals surface area contributed by atoms with Gasteiger partial charge in [0.2, 0.25) is 0 Å². The number of benzene rings is 1. The summed E-state index contributed by atoms with van der Waals surface area (Å²) in [5, 5.41) is 0. The summed E-state index contributed by atoms with van der Waals surface area (Å²) in [6, 6.07) is 13.3. The van der Waals surface area contributed by atoms with E-state index in [1.165, 1.54) is 0 Å². The van der Waals surface area contributed by atoms with Gasteiger partial charge in [-0.05, 0) is 24.3 Å². The first-order chi connectivity index (χ1) is 8.16. The molecule has 88 valence electrons. The third-order valence-corrected chi connectivity index (χ3v) is 2.49. The Kier molecular flexibility index (Phi) is 3.14. The molecule has 0 saturated heterocycles. The van der Waals surface area contributed by atoms with Crippen molar-refractivity contribution in [3.63, 3.8) is 0 Å². The number of carbonyl (C=O) groups is 1. The number of amides is 1. The topological polar surface area (TPSA) is 59.5 Å². The molecule has 1 aromatic heterocycles. The van der Waals surface area contributed by atoms with Gasteiger partial charge in [0.15, 0.2) is 5.76 Å². The van der Waals surface area contributed by atoms with Gasteiger partial charge in [-0.1, -0.05) is 18.2 Å². The van der Waals surface area contributed by atoms with Crippen molar-refractivity contribution in [1.82, 2.24) is 0 Å². The molecule has 0 radical (unpaired) electrons. The molecule has 0 aliphatic carbocycles. The van der Waals surface area contributed by atoms with Crippen molar-refractivity contribution in [2.75, 3.05) is 11.9 Å². The van der Waals surface area contributed by atoms with Crippen molar-refractivity contribution in [3.8, 4) is 0 Å². The summed E-state index contributed by atoms with van der Waals surface area (Å²) in [4.78, 5) is 12.9. The Labute approximate surface area is 99.6 Å². The Bertz CT molecular complexity index is 505. The summed E-state index contributed by atoms with van der Waals surface area (Å²) in [7, 11) is 1.96. The molecular formula is C13H14N2O2. The molecule has 0 atom stereocenters. The average Bonchev–Trinajstić information content (AvgIpc) is 2.79. The summed E-state index contributed by atoms with van der Waals surface area (Å²) in [6.07, 6.45) is 0. The van der Waals surface area contributed by atoms with Crippen LogP contribution in [0, 0.1) is 0 Å². The lowest BCUT2D eigenvalue weighted by Crippen LogP contribution is -2.15. The zero-order chi connectivity index (χ0) is 12.3. The minimum absolute atomic E-state index is 0.196. The van der Waals surface area contributed by atoms with E-state index in [0.29, 0.717) is 12.3 Å². The summed E-state index contributed by atoms with van der Waals surface area (Å²) < 4.78 is 5.32. The largest absolute Gasteiger partial charge is 0.454 e. The number of primary amides is 1. The quantitative estimate of drug-likeness (QED) is 0.874. The molecule has 1 aromatic carbocycles. The van der Waals surface area contributed by atoms with Crippen LogP contribution >= 0.6 is 0 Å². The minimum atomic E-state index is -0.543. The van der Waals surface area contributed by atoms with Gasteiger partial charge in [0.05, 0.1) is 6.54 Å². The monoisotopic (exact) mass is 230 g/mol. The fraction of sp³-hybridized carbons (Fsp3) is 0.154. The maximum atomic E-state index is 10.9. The second kappa shape index (κ2) is 4.74. The van der Waals surface area contributed by atoms with Crippen molar-refractivity contribution in [1.29, 1.82) is 0 Å². The summed E-state index contributed by atoms with van der Waals surface area (Å²) >= 11 is 0. The Morgan fingerprint density at radius 2 is 1.94 bits per heavy atom. The van der Waals surface area contributed by atoms with Gasteiger partial charge < -0.3 is 15.1 Å². The fourth-order valence-electron chi connectivity index (χ4n) is 1.60. The van der Waals surface area contributed by atoms with Crippen LogP contribution in [0.1, 0.15) is 16.3 Å². The van der Waals surface area contributed by atoms with Crippen LogP contribution in [0.4, 0.5) is 5.69 Å². The molecule has 2 aromatic rings. The van der Waals surface area contributed by atoms with Crippen molar-refractivity contribution < 1.29 is 9.21 Å². The third kappa shape index (κ3) is 2.66. The van der Waals surface area contributed by atoms with Crippen LogP contribution in [-0.4, -0.2) is 13.0 Å². The van der Waals surface area contributed by atoms with Gasteiger partial charge in [0.1, 0.15) is 5.76 Å². The van der Waals surface area contributed by atoms with Crippen molar-refractivity contribution in [2.24, 2.45) is 5.73 Å². The Morgan fingerprint density at radius 3 is 2.53 bits per heavy atom. The van der Waals surface area contributed by atoms with Crippen LogP contribution in [0.2, 0.25) is 0 Å². The van der Waals surface area contributed by atoms with Crippen LogP contribution in [0.25, 0.3) is 0 Å². The molecule has 0 spiro atoms. The predicted molar refractivity (Wildman–Crippen MR) is 65.8 cm³/mol. The Balaban J connectivity index is 2.08. The van der Waals surface area contributed by atoms with Gasteiger partial charge >= 0.3 is 0 Å². The molecule has 4 nitrogen and oxygen atoms in total. The van der Waals surface area contributed by atoms with Crippen LogP contribution in [0.3, 0.4) is 0 Å². The molecule has 17 heavy (non-hydrogen) atoms. The number of hydrogen-bond donors (Lipinski definition) is 1. The normalized spacial score (nSPS) is 10.2. The van der Waals surface area contributed by atoms with Crippen LogP contribution in [0.5, 0.6) is 0 Å². The highest BCUT2D eigenvalue weighted by atomic mass is 16.4. The van der Waals surface area contributed by atoms with Crippen molar-refractivity contribution in [3.05, 3.63) is 54.0 Å². The highest BCUT2D eigenvalue weighted by Crippen LogP contribution is 2.16. The molecule has 0 fully saturated rings. The minimum Gasteiger partial charge on any atom is -0.454 e. The second-order valence-electron chi connectivity index (χ2n) is 3.82. The van der Waals surface area contributed by atoms with E-state index in [2.05, 4.69) is 0 Å². The zero-order valence-electron chi connectivity index (χ0n) is 9.59. The standard InChI is InChI=1S/C13H14N2O2/c1-15(10-5-3-2-4-6-10)9-11-7-8-12(17-11)13(14)16/h2-8H,9H2,1H3,(H2,14,16). The molecule has 2 rings (SSSR count). The fourth-order valence-corrected chi connectivity index (χ4v) is 1.60. The predicted octanol–water partition coefficient (Wildman–Crippen LogP) is 2.01. The summed E-state index contributed by atoms with van der Waals surface area (Å²) in [5.41, 5.74) is 6.21. The van der Waals surface area contributed by atoms with E-state index in [0.717, 1.165) is 5.69 Å². The van der Waals surface area contributed by atoms with E-state index >= 15 is 0 Å². The van der Waals surface area contributed by atoms with E-state index in [4.69, 9.17) is 10.2 Å². The molecular weight excluding hydrogens is 216 g/mol. The van der Waals surface area contributed by atoms with Gasteiger partial charge in [0.25, 0.3) is 5.91 Å². The number of para-hydroxylation sites is 1. The molecule has 0 aliphatic heterocycles. The summed E-state index contributed by atoms with van der Waals surface area (Å²) in [6.45, 7) is 0.595. The van der Waals surface area contributed by atoms with E-state index in [9.17, 15) is 4.79 Å². The number of nitrogens with two attached hydrogens (primary N) is 1. The summed E-state index contributed by atoms with van der Waals surface area (Å²) in [5.74, 6) is 0.366. The second-order valence-corrected chi connectivity index (χ2v) is 3.82. The van der Waals surface area contributed by atoms with E-state index in [1.807, 2.05) is 42.3 Å². The zero-order valence-corrected chi connectivity index (χ0v) is 9.59. The lowest BCUT2D eigenvalue weighted by atomic mass is 10.3. The van der Waals surface area contributed by atoms with E-state index < -0.39 is 5.91 Å². The first-order valence-electron chi connectivity index (χ1n) is 5.31. The van der Waals surface area contributed by atoms with Crippen molar-refractivity contribution in [2.45, 2.75) is 6.54 Å². The maximum Gasteiger partial charge on any atom is 0.284 e. The lowest BCUT2D eigenvalue weighted by Gasteiger charge is -2.17. The number of nitrogens with zero attached hydrogens (tertiary/aromatic N) is 1. The van der Waals surface area contributed by atoms with Crippen LogP contribution in [0.15, 0.2) is 46.9 Å². The van der Waals surface area contributed by atoms with Crippen LogP contribution < -0.4 is 10.6 Å². The molecule has 0 bridgehead atoms. The van der Waals surface area contributed by atoms with Crippen molar-refractivity contribution >= 4 is 11.6 Å². The molecule has 0 saturated carbocycles. The number of rotatable bonds is 4. The highest BCUT2D eigenvalue weighted by Gasteiger charge is 2.09. The molecule has 4 heteroatoms. The van der Waals surface area contributed by atoms with Gasteiger partial charge in [-0.2, -0.15) is 0 Å². The van der Waals surface area contributed by atoms with E-state index in [-0.39, 0.29) is 5.76 Å². The highest BCUT2D eigenvalue weighted by molar-refractivity contribution is 5.89. The van der Waals surface area contributed by atoms with E-state index in [1.54, 1.807) is 12.1 Å². The SMILES string of the molecule is CN(Cc1ccc(C(N)=O)o1)c1ccccc1. The molecule has 0 unspecified atom stereocenters. The van der Waals surface area contributed by atoms with Gasteiger partial charge in [0, 0.05) is 12.7 Å². The number of hydrogen-bond acceptors (Lipinski definition) is 3. The van der Waals surface area contributed by atoms with Gasteiger partial charge in [-0.25, -0.2) is 0 Å². The smallest absolute Gasteiger partial charge is 0.284 e. The molecule has 1 amide bonds. The van der Waals surface area contributed by atoms with Gasteiger partial charge in [-0.15, -0.1) is 0 Å². The number of carbonyl (C=O) groups excluding carboxylic acids is 1. The molecule has 2 N–H and O–H groups in total. The number of anilines is 1. The average molecular weight is 230 g/mol. The third-order valence-electron chi connectivity index (χ3n) is 2.49. The maximum absolute atomic E-state index is 10.9. The molecule has 0 aliphatic rings. The first-order valence-corrected chi connectivity index (χ1v) is 5.31. The van der Waals surface area contributed by atoms with Gasteiger partial charge in [-0.3, -0.25) is 4.79 Å². The Hall–Kier alpha value is -2.23. The molecule has 1 heterocycles. The number of furan rings is 1. The first kappa shape index (κ1) is 11.3.